The van der Waals surface area contributed by atoms with Gasteiger partial charge in [0.2, 0.25) is 0 Å². The summed E-state index contributed by atoms with van der Waals surface area (Å²) in [5.41, 5.74) is 0.137. The third-order valence-electron chi connectivity index (χ3n) is 5.28. The maximum Gasteiger partial charge on any atom is 0.317 e. The number of amides is 2. The van der Waals surface area contributed by atoms with Gasteiger partial charge in [-0.1, -0.05) is 37.3 Å². The van der Waals surface area contributed by atoms with E-state index in [4.69, 9.17) is 0 Å². The van der Waals surface area contributed by atoms with Gasteiger partial charge in [-0.05, 0) is 45.3 Å². The fourth-order valence-electron chi connectivity index (χ4n) is 3.15. The Morgan fingerprint density at radius 1 is 1.33 bits per heavy atom. The standard InChI is InChI=1S/C19H31N3O2/c1-4-21(3)16(2)10-13-20-18(23)22-14-11-19(24,12-15-22)17-8-6-5-7-9-17/h5-9,16,24H,4,10-15H2,1-3H3,(H,20,23)/t16-/m0/s1. The van der Waals surface area contributed by atoms with Crippen LogP contribution in [0.15, 0.2) is 30.3 Å². The molecule has 1 aliphatic heterocycles. The number of aliphatic hydroxyl groups is 1. The van der Waals surface area contributed by atoms with Crippen molar-refractivity contribution in [2.75, 3.05) is 33.2 Å². The molecular formula is C19H31N3O2. The number of hydrogen-bond donors (Lipinski definition) is 2. The summed E-state index contributed by atoms with van der Waals surface area (Å²) in [5.74, 6) is 0. The quantitative estimate of drug-likeness (QED) is 0.840. The zero-order valence-corrected chi connectivity index (χ0v) is 15.2. The first kappa shape index (κ1) is 18.7. The average Bonchev–Trinajstić information content (AvgIpc) is 2.62. The molecule has 0 saturated carbocycles. The molecule has 1 fully saturated rings. The third-order valence-corrected chi connectivity index (χ3v) is 5.28. The second-order valence-corrected chi connectivity index (χ2v) is 6.83. The molecule has 1 saturated heterocycles. The Hall–Kier alpha value is -1.59. The van der Waals surface area contributed by atoms with Gasteiger partial charge in [0.15, 0.2) is 0 Å². The lowest BCUT2D eigenvalue weighted by molar-refractivity contribution is -0.0168. The van der Waals surface area contributed by atoms with Crippen LogP contribution in [0, 0.1) is 0 Å². The van der Waals surface area contributed by atoms with Crippen molar-refractivity contribution in [1.82, 2.24) is 15.1 Å². The van der Waals surface area contributed by atoms with E-state index < -0.39 is 5.60 Å². The molecule has 1 heterocycles. The lowest BCUT2D eigenvalue weighted by Crippen LogP contribution is -2.49. The van der Waals surface area contributed by atoms with E-state index >= 15 is 0 Å². The smallest absolute Gasteiger partial charge is 0.317 e. The topological polar surface area (TPSA) is 55.8 Å². The Balaban J connectivity index is 1.77. The maximum atomic E-state index is 12.3. The summed E-state index contributed by atoms with van der Waals surface area (Å²) in [6, 6.07) is 10.2. The molecule has 0 radical (unpaired) electrons. The van der Waals surface area contributed by atoms with Crippen LogP contribution < -0.4 is 5.32 Å². The molecule has 2 rings (SSSR count). The zero-order valence-electron chi connectivity index (χ0n) is 15.2. The molecule has 1 aromatic carbocycles. The molecule has 134 valence electrons. The van der Waals surface area contributed by atoms with Crippen LogP contribution in [-0.2, 0) is 5.60 Å². The van der Waals surface area contributed by atoms with Gasteiger partial charge in [-0.3, -0.25) is 0 Å². The van der Waals surface area contributed by atoms with Crippen molar-refractivity contribution < 1.29 is 9.90 Å². The minimum absolute atomic E-state index is 0.0172. The Labute approximate surface area is 145 Å². The number of hydrogen-bond acceptors (Lipinski definition) is 3. The van der Waals surface area contributed by atoms with Crippen LogP contribution in [0.3, 0.4) is 0 Å². The van der Waals surface area contributed by atoms with Crippen molar-refractivity contribution in [3.63, 3.8) is 0 Å². The number of rotatable bonds is 6. The van der Waals surface area contributed by atoms with Crippen LogP contribution in [0.1, 0.15) is 38.7 Å². The van der Waals surface area contributed by atoms with Gasteiger partial charge in [0.1, 0.15) is 0 Å². The van der Waals surface area contributed by atoms with Crippen molar-refractivity contribution in [2.45, 2.75) is 44.8 Å². The highest BCUT2D eigenvalue weighted by atomic mass is 16.3. The molecule has 0 bridgehead atoms. The fraction of sp³-hybridized carbons (Fsp3) is 0.632. The minimum Gasteiger partial charge on any atom is -0.385 e. The number of carbonyl (C=O) groups excluding carboxylic acids is 1. The molecular weight excluding hydrogens is 302 g/mol. The first-order valence-corrected chi connectivity index (χ1v) is 8.97. The number of urea groups is 1. The predicted octanol–water partition coefficient (Wildman–Crippen LogP) is 2.41. The van der Waals surface area contributed by atoms with E-state index in [0.717, 1.165) is 18.5 Å². The van der Waals surface area contributed by atoms with E-state index in [1.165, 1.54) is 0 Å². The summed E-state index contributed by atoms with van der Waals surface area (Å²) in [6.07, 6.45) is 2.11. The van der Waals surface area contributed by atoms with Crippen molar-refractivity contribution in [1.29, 1.82) is 0 Å². The highest BCUT2D eigenvalue weighted by Gasteiger charge is 2.35. The summed E-state index contributed by atoms with van der Waals surface area (Å²) in [5, 5.41) is 13.8. The van der Waals surface area contributed by atoms with Crippen molar-refractivity contribution in [3.8, 4) is 0 Å². The highest BCUT2D eigenvalue weighted by Crippen LogP contribution is 2.32. The predicted molar refractivity (Wildman–Crippen MR) is 96.9 cm³/mol. The van der Waals surface area contributed by atoms with Gasteiger partial charge in [0, 0.05) is 25.7 Å². The first-order valence-electron chi connectivity index (χ1n) is 8.97. The van der Waals surface area contributed by atoms with Crippen LogP contribution in [-0.4, -0.2) is 60.2 Å². The molecule has 2 amide bonds. The van der Waals surface area contributed by atoms with Gasteiger partial charge >= 0.3 is 6.03 Å². The van der Waals surface area contributed by atoms with E-state index in [-0.39, 0.29) is 6.03 Å². The van der Waals surface area contributed by atoms with Gasteiger partial charge in [-0.25, -0.2) is 4.79 Å². The molecule has 24 heavy (non-hydrogen) atoms. The van der Waals surface area contributed by atoms with Gasteiger partial charge in [0.05, 0.1) is 5.60 Å². The summed E-state index contributed by atoms with van der Waals surface area (Å²) >= 11 is 0. The molecule has 0 aromatic heterocycles. The van der Waals surface area contributed by atoms with Crippen LogP contribution in [0.4, 0.5) is 4.79 Å². The first-order chi connectivity index (χ1) is 11.5. The van der Waals surface area contributed by atoms with Gasteiger partial charge in [-0.2, -0.15) is 0 Å². The second-order valence-electron chi connectivity index (χ2n) is 6.83. The molecule has 1 atom stereocenters. The summed E-state index contributed by atoms with van der Waals surface area (Å²) in [6.45, 7) is 7.18. The van der Waals surface area contributed by atoms with Gasteiger partial charge < -0.3 is 20.2 Å². The molecule has 1 aliphatic rings. The zero-order chi connectivity index (χ0) is 17.6. The van der Waals surface area contributed by atoms with E-state index in [0.29, 0.717) is 38.5 Å². The number of likely N-dealkylation sites (tertiary alicyclic amines) is 1. The van der Waals surface area contributed by atoms with Crippen molar-refractivity contribution in [3.05, 3.63) is 35.9 Å². The monoisotopic (exact) mass is 333 g/mol. The lowest BCUT2D eigenvalue weighted by atomic mass is 9.84. The molecule has 0 unspecified atom stereocenters. The summed E-state index contributed by atoms with van der Waals surface area (Å²) < 4.78 is 0. The van der Waals surface area contributed by atoms with E-state index in [9.17, 15) is 9.90 Å². The van der Waals surface area contributed by atoms with Gasteiger partial charge in [0.25, 0.3) is 0 Å². The van der Waals surface area contributed by atoms with E-state index in [1.54, 1.807) is 0 Å². The number of carbonyl (C=O) groups is 1. The Morgan fingerprint density at radius 3 is 2.54 bits per heavy atom. The number of nitrogens with zero attached hydrogens (tertiary/aromatic N) is 2. The Kier molecular flexibility index (Phi) is 6.63. The van der Waals surface area contributed by atoms with Crippen LogP contribution in [0.5, 0.6) is 0 Å². The average molecular weight is 333 g/mol. The normalized spacial score (nSPS) is 18.5. The Morgan fingerprint density at radius 2 is 1.96 bits per heavy atom. The largest absolute Gasteiger partial charge is 0.385 e. The summed E-state index contributed by atoms with van der Waals surface area (Å²) in [7, 11) is 2.10. The number of benzene rings is 1. The summed E-state index contributed by atoms with van der Waals surface area (Å²) in [4.78, 5) is 16.4. The van der Waals surface area contributed by atoms with E-state index in [2.05, 4.69) is 31.1 Å². The van der Waals surface area contributed by atoms with Crippen LogP contribution >= 0.6 is 0 Å². The van der Waals surface area contributed by atoms with Crippen molar-refractivity contribution in [2.24, 2.45) is 0 Å². The van der Waals surface area contributed by atoms with E-state index in [1.807, 2.05) is 35.2 Å². The highest BCUT2D eigenvalue weighted by molar-refractivity contribution is 5.74. The van der Waals surface area contributed by atoms with Crippen LogP contribution in [0.25, 0.3) is 0 Å². The maximum absolute atomic E-state index is 12.3. The fourth-order valence-corrected chi connectivity index (χ4v) is 3.15. The molecule has 5 nitrogen and oxygen atoms in total. The number of piperidine rings is 1. The minimum atomic E-state index is -0.809. The van der Waals surface area contributed by atoms with Crippen molar-refractivity contribution >= 4 is 6.03 Å². The lowest BCUT2D eigenvalue weighted by Gasteiger charge is -2.38. The second kappa shape index (κ2) is 8.49. The molecule has 0 spiro atoms. The molecule has 0 aliphatic carbocycles. The third kappa shape index (κ3) is 4.71. The van der Waals surface area contributed by atoms with Crippen LogP contribution in [0.2, 0.25) is 0 Å². The molecule has 1 aromatic rings. The molecule has 2 N–H and O–H groups in total. The number of nitrogens with one attached hydrogen (secondary N) is 1. The molecule has 5 heteroatoms. The SMILES string of the molecule is CCN(C)[C@@H](C)CCNC(=O)N1CCC(O)(c2ccccc2)CC1. The van der Waals surface area contributed by atoms with Gasteiger partial charge in [-0.15, -0.1) is 0 Å². The Bertz CT molecular complexity index is 513.